The van der Waals surface area contributed by atoms with Crippen molar-refractivity contribution in [1.29, 1.82) is 5.26 Å². The SMILES string of the molecule is COc1cc(Br)cc(/C=N\NC(=O)CSc2cccc3ccccc23)c1OCc1ccc(C#N)cc1. The molecule has 0 atom stereocenters. The normalized spacial score (nSPS) is 10.8. The molecule has 0 aliphatic heterocycles. The number of hydrogen-bond acceptors (Lipinski definition) is 6. The number of hydrogen-bond donors (Lipinski definition) is 1. The Labute approximate surface area is 222 Å². The smallest absolute Gasteiger partial charge is 0.250 e. The van der Waals surface area contributed by atoms with Crippen molar-refractivity contribution in [3.8, 4) is 17.6 Å². The molecule has 0 aliphatic rings. The van der Waals surface area contributed by atoms with Crippen molar-refractivity contribution in [3.05, 3.63) is 100 Å². The van der Waals surface area contributed by atoms with Crippen molar-refractivity contribution in [2.45, 2.75) is 11.5 Å². The van der Waals surface area contributed by atoms with E-state index in [4.69, 9.17) is 14.7 Å². The first-order valence-corrected chi connectivity index (χ1v) is 12.8. The number of methoxy groups -OCH3 is 1. The van der Waals surface area contributed by atoms with Crippen molar-refractivity contribution < 1.29 is 14.3 Å². The second-order valence-electron chi connectivity index (χ2n) is 7.68. The summed E-state index contributed by atoms with van der Waals surface area (Å²) in [6.45, 7) is 0.276. The van der Waals surface area contributed by atoms with E-state index in [1.54, 1.807) is 25.3 Å². The van der Waals surface area contributed by atoms with Crippen LogP contribution in [0.25, 0.3) is 10.8 Å². The minimum atomic E-state index is -0.216. The third-order valence-electron chi connectivity index (χ3n) is 5.24. The molecule has 1 amide bonds. The molecule has 0 heterocycles. The largest absolute Gasteiger partial charge is 0.493 e. The van der Waals surface area contributed by atoms with E-state index in [0.29, 0.717) is 22.6 Å². The first-order chi connectivity index (χ1) is 17.6. The quantitative estimate of drug-likeness (QED) is 0.148. The van der Waals surface area contributed by atoms with Gasteiger partial charge in [0.1, 0.15) is 6.61 Å². The molecule has 4 aromatic carbocycles. The van der Waals surface area contributed by atoms with Crippen LogP contribution in [-0.2, 0) is 11.4 Å². The third-order valence-corrected chi connectivity index (χ3v) is 6.77. The second kappa shape index (κ2) is 12.2. The van der Waals surface area contributed by atoms with Gasteiger partial charge in [0.25, 0.3) is 0 Å². The number of carbonyl (C=O) groups excluding carboxylic acids is 1. The van der Waals surface area contributed by atoms with Gasteiger partial charge in [-0.25, -0.2) is 5.43 Å². The maximum atomic E-state index is 12.4. The van der Waals surface area contributed by atoms with Gasteiger partial charge in [-0.1, -0.05) is 64.5 Å². The maximum Gasteiger partial charge on any atom is 0.250 e. The minimum absolute atomic E-state index is 0.216. The lowest BCUT2D eigenvalue weighted by Gasteiger charge is -2.14. The average Bonchev–Trinajstić information content (AvgIpc) is 2.91. The zero-order valence-corrected chi connectivity index (χ0v) is 21.8. The second-order valence-corrected chi connectivity index (χ2v) is 9.62. The number of nitriles is 1. The highest BCUT2D eigenvalue weighted by Gasteiger charge is 2.13. The minimum Gasteiger partial charge on any atom is -0.493 e. The van der Waals surface area contributed by atoms with E-state index < -0.39 is 0 Å². The summed E-state index contributed by atoms with van der Waals surface area (Å²) in [5.41, 5.74) is 4.71. The lowest BCUT2D eigenvalue weighted by molar-refractivity contribution is -0.118. The molecular formula is C28H22BrN3O3S. The van der Waals surface area contributed by atoms with E-state index in [0.717, 1.165) is 25.7 Å². The van der Waals surface area contributed by atoms with E-state index in [9.17, 15) is 4.79 Å². The Kier molecular flexibility index (Phi) is 8.61. The number of ether oxygens (including phenoxy) is 2. The van der Waals surface area contributed by atoms with Crippen LogP contribution >= 0.6 is 27.7 Å². The van der Waals surface area contributed by atoms with Crippen molar-refractivity contribution in [2.75, 3.05) is 12.9 Å². The van der Waals surface area contributed by atoms with Crippen molar-refractivity contribution in [2.24, 2.45) is 5.10 Å². The highest BCUT2D eigenvalue weighted by atomic mass is 79.9. The standard InChI is InChI=1S/C28H22BrN3O3S/c1-34-25-14-23(29)13-22(28(25)35-17-20-11-9-19(15-30)10-12-20)16-31-32-27(33)18-36-26-8-4-6-21-5-2-3-7-24(21)26/h2-14,16H,17-18H2,1H3,(H,32,33)/b31-16-. The van der Waals surface area contributed by atoms with E-state index in [-0.39, 0.29) is 18.3 Å². The molecule has 180 valence electrons. The molecule has 0 aromatic heterocycles. The topological polar surface area (TPSA) is 83.7 Å². The Morgan fingerprint density at radius 1 is 1.11 bits per heavy atom. The Hall–Kier alpha value is -3.80. The van der Waals surface area contributed by atoms with Gasteiger partial charge in [0, 0.05) is 14.9 Å². The van der Waals surface area contributed by atoms with Gasteiger partial charge in [-0.3, -0.25) is 4.79 Å². The molecule has 0 aliphatic carbocycles. The lowest BCUT2D eigenvalue weighted by atomic mass is 10.1. The number of rotatable bonds is 9. The molecule has 8 heteroatoms. The van der Waals surface area contributed by atoms with Gasteiger partial charge in [0.2, 0.25) is 5.91 Å². The number of nitrogens with zero attached hydrogens (tertiary/aromatic N) is 2. The van der Waals surface area contributed by atoms with Crippen molar-refractivity contribution >= 4 is 50.6 Å². The van der Waals surface area contributed by atoms with Crippen LogP contribution in [0.15, 0.2) is 93.3 Å². The summed E-state index contributed by atoms with van der Waals surface area (Å²) < 4.78 is 12.3. The van der Waals surface area contributed by atoms with Crippen LogP contribution < -0.4 is 14.9 Å². The van der Waals surface area contributed by atoms with Crippen LogP contribution in [0.5, 0.6) is 11.5 Å². The predicted octanol–water partition coefficient (Wildman–Crippen LogP) is 6.30. The summed E-state index contributed by atoms with van der Waals surface area (Å²) in [4.78, 5) is 13.5. The molecule has 0 spiro atoms. The molecule has 0 unspecified atom stereocenters. The number of nitrogens with one attached hydrogen (secondary N) is 1. The van der Waals surface area contributed by atoms with Crippen LogP contribution in [0.3, 0.4) is 0 Å². The molecule has 0 saturated carbocycles. The van der Waals surface area contributed by atoms with Crippen LogP contribution in [0.1, 0.15) is 16.7 Å². The fourth-order valence-corrected chi connectivity index (χ4v) is 4.81. The van der Waals surface area contributed by atoms with Crippen LogP contribution in [-0.4, -0.2) is 25.0 Å². The fraction of sp³-hybridized carbons (Fsp3) is 0.107. The molecule has 6 nitrogen and oxygen atoms in total. The molecule has 0 fully saturated rings. The summed E-state index contributed by atoms with van der Waals surface area (Å²) in [6, 6.07) is 27.0. The Morgan fingerprint density at radius 2 is 1.89 bits per heavy atom. The van der Waals surface area contributed by atoms with Crippen LogP contribution in [0.2, 0.25) is 0 Å². The highest BCUT2D eigenvalue weighted by Crippen LogP contribution is 2.34. The van der Waals surface area contributed by atoms with E-state index >= 15 is 0 Å². The number of amides is 1. The van der Waals surface area contributed by atoms with Crippen LogP contribution in [0, 0.1) is 11.3 Å². The summed E-state index contributed by atoms with van der Waals surface area (Å²) in [7, 11) is 1.56. The fourth-order valence-electron chi connectivity index (χ4n) is 3.49. The molecule has 0 saturated heterocycles. The monoisotopic (exact) mass is 559 g/mol. The number of halogens is 1. The predicted molar refractivity (Wildman–Crippen MR) is 147 cm³/mol. The van der Waals surface area contributed by atoms with Gasteiger partial charge in [-0.05, 0) is 46.7 Å². The van der Waals surface area contributed by atoms with Gasteiger partial charge in [-0.15, -0.1) is 11.8 Å². The summed E-state index contributed by atoms with van der Waals surface area (Å²) in [5.74, 6) is 1.03. The van der Waals surface area contributed by atoms with Gasteiger partial charge >= 0.3 is 0 Å². The summed E-state index contributed by atoms with van der Waals surface area (Å²) in [6.07, 6.45) is 1.53. The highest BCUT2D eigenvalue weighted by molar-refractivity contribution is 9.10. The van der Waals surface area contributed by atoms with Crippen molar-refractivity contribution in [1.82, 2.24) is 5.43 Å². The number of thioether (sulfide) groups is 1. The van der Waals surface area contributed by atoms with Crippen LogP contribution in [0.4, 0.5) is 0 Å². The summed E-state index contributed by atoms with van der Waals surface area (Å²) >= 11 is 4.94. The van der Waals surface area contributed by atoms with Gasteiger partial charge in [0.05, 0.1) is 30.7 Å². The van der Waals surface area contributed by atoms with Gasteiger partial charge in [0.15, 0.2) is 11.5 Å². The van der Waals surface area contributed by atoms with Crippen molar-refractivity contribution in [3.63, 3.8) is 0 Å². The average molecular weight is 560 g/mol. The molecule has 1 N–H and O–H groups in total. The Balaban J connectivity index is 1.42. The zero-order valence-electron chi connectivity index (χ0n) is 19.4. The van der Waals surface area contributed by atoms with Gasteiger partial charge in [-0.2, -0.15) is 10.4 Å². The Bertz CT molecular complexity index is 1440. The molecule has 36 heavy (non-hydrogen) atoms. The lowest BCUT2D eigenvalue weighted by Crippen LogP contribution is -2.19. The number of benzene rings is 4. The maximum absolute atomic E-state index is 12.4. The number of fused-ring (bicyclic) bond motifs is 1. The number of hydrazone groups is 1. The summed E-state index contributed by atoms with van der Waals surface area (Å²) in [5, 5.41) is 15.4. The molecule has 4 aromatic rings. The molecular weight excluding hydrogens is 538 g/mol. The third kappa shape index (κ3) is 6.45. The van der Waals surface area contributed by atoms with Gasteiger partial charge < -0.3 is 9.47 Å². The van der Waals surface area contributed by atoms with E-state index in [2.05, 4.69) is 44.7 Å². The number of carbonyl (C=O) groups is 1. The molecule has 0 radical (unpaired) electrons. The first-order valence-electron chi connectivity index (χ1n) is 11.0. The molecule has 4 rings (SSSR count). The molecule has 0 bridgehead atoms. The Morgan fingerprint density at radius 3 is 2.67 bits per heavy atom. The van der Waals surface area contributed by atoms with E-state index in [1.807, 2.05) is 48.5 Å². The first kappa shape index (κ1) is 25.3. The zero-order chi connectivity index (χ0) is 25.3. The van der Waals surface area contributed by atoms with E-state index in [1.165, 1.54) is 18.0 Å².